The molecule has 2 rings (SSSR count). The summed E-state index contributed by atoms with van der Waals surface area (Å²) >= 11 is 0. The second kappa shape index (κ2) is 3.34. The normalized spacial score (nSPS) is 37.4. The van der Waals surface area contributed by atoms with Crippen LogP contribution in [0.2, 0.25) is 0 Å². The zero-order chi connectivity index (χ0) is 10.2. The molecule has 2 aliphatic rings. The van der Waals surface area contributed by atoms with Crippen LogP contribution in [0.5, 0.6) is 0 Å². The molecule has 1 aliphatic heterocycles. The van der Waals surface area contributed by atoms with Gasteiger partial charge in [-0.1, -0.05) is 13.8 Å². The standard InChI is InChI=1S/C12H20O2/c1-11(2)7-5-10(13)12(9-11)6-3-4-8-14-12/h3-9H2,1-2H3/t12-/m1/s1. The molecule has 1 atom stereocenters. The van der Waals surface area contributed by atoms with Gasteiger partial charge in [0.2, 0.25) is 0 Å². The molecular formula is C12H20O2. The topological polar surface area (TPSA) is 26.3 Å². The average molecular weight is 196 g/mol. The van der Waals surface area contributed by atoms with E-state index in [0.29, 0.717) is 12.2 Å². The SMILES string of the molecule is CC1(C)CCC(=O)[C@@]2(CCCCO2)C1. The Morgan fingerprint density at radius 3 is 2.64 bits per heavy atom. The van der Waals surface area contributed by atoms with Gasteiger partial charge in [-0.15, -0.1) is 0 Å². The van der Waals surface area contributed by atoms with E-state index in [9.17, 15) is 4.79 Å². The van der Waals surface area contributed by atoms with Gasteiger partial charge in [-0.3, -0.25) is 4.79 Å². The number of rotatable bonds is 0. The minimum absolute atomic E-state index is 0.283. The fourth-order valence-corrected chi connectivity index (χ4v) is 2.85. The molecule has 1 saturated carbocycles. The van der Waals surface area contributed by atoms with Gasteiger partial charge >= 0.3 is 0 Å². The highest BCUT2D eigenvalue weighted by atomic mass is 16.5. The molecule has 0 bridgehead atoms. The van der Waals surface area contributed by atoms with E-state index in [2.05, 4.69) is 13.8 Å². The molecule has 80 valence electrons. The predicted molar refractivity (Wildman–Crippen MR) is 55.2 cm³/mol. The molecule has 0 aromatic heterocycles. The van der Waals surface area contributed by atoms with Crippen molar-refractivity contribution in [3.05, 3.63) is 0 Å². The summed E-state index contributed by atoms with van der Waals surface area (Å²) in [7, 11) is 0. The number of ketones is 1. The zero-order valence-electron chi connectivity index (χ0n) is 9.27. The Morgan fingerprint density at radius 2 is 2.00 bits per heavy atom. The van der Waals surface area contributed by atoms with Crippen molar-refractivity contribution in [1.82, 2.24) is 0 Å². The van der Waals surface area contributed by atoms with Crippen molar-refractivity contribution in [2.75, 3.05) is 6.61 Å². The van der Waals surface area contributed by atoms with Crippen molar-refractivity contribution < 1.29 is 9.53 Å². The highest BCUT2D eigenvalue weighted by Gasteiger charge is 2.47. The smallest absolute Gasteiger partial charge is 0.164 e. The Labute approximate surface area is 86.0 Å². The first-order valence-corrected chi connectivity index (χ1v) is 5.71. The van der Waals surface area contributed by atoms with Gasteiger partial charge in [0.1, 0.15) is 5.60 Å². The molecule has 14 heavy (non-hydrogen) atoms. The minimum Gasteiger partial charge on any atom is -0.367 e. The first-order chi connectivity index (χ1) is 6.54. The van der Waals surface area contributed by atoms with E-state index in [0.717, 1.165) is 38.7 Å². The molecule has 0 radical (unpaired) electrons. The summed E-state index contributed by atoms with van der Waals surface area (Å²) in [6.07, 6.45) is 5.90. The summed E-state index contributed by atoms with van der Waals surface area (Å²) < 4.78 is 5.80. The van der Waals surface area contributed by atoms with Gasteiger partial charge in [0.15, 0.2) is 5.78 Å². The van der Waals surface area contributed by atoms with E-state index in [1.807, 2.05) is 0 Å². The van der Waals surface area contributed by atoms with Crippen molar-refractivity contribution in [1.29, 1.82) is 0 Å². The molecule has 2 fully saturated rings. The first kappa shape index (κ1) is 10.2. The Balaban J connectivity index is 2.17. The monoisotopic (exact) mass is 196 g/mol. The molecular weight excluding hydrogens is 176 g/mol. The Hall–Kier alpha value is -0.370. The lowest BCUT2D eigenvalue weighted by molar-refractivity contribution is -0.164. The van der Waals surface area contributed by atoms with Crippen LogP contribution in [-0.2, 0) is 9.53 Å². The summed E-state index contributed by atoms with van der Waals surface area (Å²) in [5.74, 6) is 0.358. The van der Waals surface area contributed by atoms with Gasteiger partial charge in [-0.05, 0) is 37.5 Å². The van der Waals surface area contributed by atoms with Gasteiger partial charge < -0.3 is 4.74 Å². The molecule has 1 aliphatic carbocycles. The number of carbonyl (C=O) groups excluding carboxylic acids is 1. The van der Waals surface area contributed by atoms with Crippen molar-refractivity contribution in [3.63, 3.8) is 0 Å². The number of hydrogen-bond donors (Lipinski definition) is 0. The number of hydrogen-bond acceptors (Lipinski definition) is 2. The van der Waals surface area contributed by atoms with Crippen molar-refractivity contribution in [3.8, 4) is 0 Å². The van der Waals surface area contributed by atoms with Crippen LogP contribution in [0.15, 0.2) is 0 Å². The molecule has 1 heterocycles. The number of Topliss-reactive ketones (excluding diaryl/α,β-unsaturated/α-hetero) is 1. The minimum atomic E-state index is -0.389. The van der Waals surface area contributed by atoms with Crippen molar-refractivity contribution in [2.45, 2.75) is 58.0 Å². The van der Waals surface area contributed by atoms with Crippen LogP contribution in [0.3, 0.4) is 0 Å². The Bertz CT molecular complexity index is 237. The average Bonchev–Trinajstić information content (AvgIpc) is 2.13. The molecule has 0 N–H and O–H groups in total. The first-order valence-electron chi connectivity index (χ1n) is 5.71. The molecule has 0 aromatic carbocycles. The van der Waals surface area contributed by atoms with E-state index < -0.39 is 0 Å². The van der Waals surface area contributed by atoms with Gasteiger partial charge in [-0.2, -0.15) is 0 Å². The third-order valence-electron chi connectivity index (χ3n) is 3.65. The number of carbonyl (C=O) groups is 1. The van der Waals surface area contributed by atoms with E-state index in [1.54, 1.807) is 0 Å². The lowest BCUT2D eigenvalue weighted by atomic mass is 9.67. The maximum absolute atomic E-state index is 11.9. The summed E-state index contributed by atoms with van der Waals surface area (Å²) in [5, 5.41) is 0. The van der Waals surface area contributed by atoms with Gasteiger partial charge in [0.25, 0.3) is 0 Å². The second-order valence-corrected chi connectivity index (χ2v) is 5.56. The summed E-state index contributed by atoms with van der Waals surface area (Å²) in [4.78, 5) is 11.9. The molecule has 2 heteroatoms. The maximum Gasteiger partial charge on any atom is 0.164 e. The van der Waals surface area contributed by atoms with Crippen molar-refractivity contribution in [2.24, 2.45) is 5.41 Å². The van der Waals surface area contributed by atoms with Gasteiger partial charge in [0, 0.05) is 13.0 Å². The Morgan fingerprint density at radius 1 is 1.21 bits per heavy atom. The van der Waals surface area contributed by atoms with E-state index >= 15 is 0 Å². The van der Waals surface area contributed by atoms with Gasteiger partial charge in [0.05, 0.1) is 0 Å². The molecule has 1 spiro atoms. The van der Waals surface area contributed by atoms with Crippen LogP contribution in [0.4, 0.5) is 0 Å². The molecule has 0 unspecified atom stereocenters. The predicted octanol–water partition coefficient (Wildman–Crippen LogP) is 2.70. The Kier molecular flexibility index (Phi) is 2.42. The third-order valence-corrected chi connectivity index (χ3v) is 3.65. The highest BCUT2D eigenvalue weighted by molar-refractivity contribution is 5.88. The highest BCUT2D eigenvalue weighted by Crippen LogP contribution is 2.44. The van der Waals surface area contributed by atoms with Crippen LogP contribution in [0.25, 0.3) is 0 Å². The van der Waals surface area contributed by atoms with Crippen LogP contribution in [0, 0.1) is 5.41 Å². The van der Waals surface area contributed by atoms with Crippen LogP contribution in [-0.4, -0.2) is 18.0 Å². The zero-order valence-corrected chi connectivity index (χ0v) is 9.27. The fraction of sp³-hybridized carbons (Fsp3) is 0.917. The summed E-state index contributed by atoms with van der Waals surface area (Å²) in [6, 6.07) is 0. The molecule has 0 aromatic rings. The summed E-state index contributed by atoms with van der Waals surface area (Å²) in [6.45, 7) is 5.28. The van der Waals surface area contributed by atoms with E-state index in [4.69, 9.17) is 4.74 Å². The molecule has 0 amide bonds. The van der Waals surface area contributed by atoms with Crippen LogP contribution >= 0.6 is 0 Å². The number of ether oxygens (including phenoxy) is 1. The fourth-order valence-electron chi connectivity index (χ4n) is 2.85. The molecule has 1 saturated heterocycles. The second-order valence-electron chi connectivity index (χ2n) is 5.56. The van der Waals surface area contributed by atoms with Crippen LogP contribution in [0.1, 0.15) is 52.4 Å². The van der Waals surface area contributed by atoms with Crippen LogP contribution < -0.4 is 0 Å². The maximum atomic E-state index is 11.9. The van der Waals surface area contributed by atoms with E-state index in [1.165, 1.54) is 0 Å². The lowest BCUT2D eigenvalue weighted by Gasteiger charge is -2.45. The van der Waals surface area contributed by atoms with Crippen molar-refractivity contribution >= 4 is 5.78 Å². The molecule has 2 nitrogen and oxygen atoms in total. The third kappa shape index (κ3) is 1.72. The quantitative estimate of drug-likeness (QED) is 0.595. The summed E-state index contributed by atoms with van der Waals surface area (Å²) in [5.41, 5.74) is -0.106. The van der Waals surface area contributed by atoms with E-state index in [-0.39, 0.29) is 11.0 Å². The van der Waals surface area contributed by atoms with Gasteiger partial charge in [-0.25, -0.2) is 0 Å². The largest absolute Gasteiger partial charge is 0.367 e. The lowest BCUT2D eigenvalue weighted by Crippen LogP contribution is -2.50.